The smallest absolute Gasteiger partial charge is 0.0640 e. The summed E-state index contributed by atoms with van der Waals surface area (Å²) in [4.78, 5) is 2.51. The third-order valence-electron chi connectivity index (χ3n) is 10.9. The van der Waals surface area contributed by atoms with Gasteiger partial charge >= 0.3 is 0 Å². The van der Waals surface area contributed by atoms with Gasteiger partial charge in [-0.05, 0) is 86.1 Å². The van der Waals surface area contributed by atoms with Crippen LogP contribution < -0.4 is 4.90 Å². The van der Waals surface area contributed by atoms with E-state index in [2.05, 4.69) is 195 Å². The van der Waals surface area contributed by atoms with Gasteiger partial charge in [-0.25, -0.2) is 0 Å². The van der Waals surface area contributed by atoms with Crippen molar-refractivity contribution in [3.05, 3.63) is 187 Å². The highest BCUT2D eigenvalue weighted by Gasteiger charge is 2.35. The fourth-order valence-electron chi connectivity index (χ4n) is 8.38. The minimum Gasteiger partial charge on any atom is -0.308 e. The normalized spacial score (nSPS) is 13.1. The maximum Gasteiger partial charge on any atom is 0.0640 e. The number of thiophene rings is 1. The lowest BCUT2D eigenvalue weighted by Gasteiger charge is -2.30. The van der Waals surface area contributed by atoms with E-state index in [0.29, 0.717) is 0 Å². The van der Waals surface area contributed by atoms with Crippen molar-refractivity contribution in [3.63, 3.8) is 0 Å². The van der Waals surface area contributed by atoms with E-state index in [9.17, 15) is 0 Å². The number of fused-ring (bicyclic) bond motifs is 7. The summed E-state index contributed by atoms with van der Waals surface area (Å²) in [6.45, 7) is 4.74. The Morgan fingerprint density at radius 1 is 0.451 bits per heavy atom. The Hall–Kier alpha value is -5.96. The standard InChI is InChI=1S/C49H35NS/c1-49(2)42-22-10-8-18-38(42)39-29-27-35(31-43(39)49)47-37(33-15-4-3-5-16-33)20-12-23-44(47)50(36-28-26-32-14-6-7-17-34(32)30-36)45-24-13-21-41-40-19-9-11-25-46(40)51-48(41)45/h3-31H,1-2H3. The molecule has 8 aromatic carbocycles. The molecule has 9 aromatic rings. The molecule has 1 aliphatic carbocycles. The van der Waals surface area contributed by atoms with E-state index in [1.807, 2.05) is 11.3 Å². The number of benzene rings is 8. The fourth-order valence-corrected chi connectivity index (χ4v) is 9.59. The first kappa shape index (κ1) is 29.9. The molecule has 0 atom stereocenters. The highest BCUT2D eigenvalue weighted by Crippen LogP contribution is 2.53. The molecule has 1 aliphatic rings. The number of nitrogens with zero attached hydrogens (tertiary/aromatic N) is 1. The predicted molar refractivity (Wildman–Crippen MR) is 220 cm³/mol. The summed E-state index contributed by atoms with van der Waals surface area (Å²) in [5, 5.41) is 5.05. The Morgan fingerprint density at radius 2 is 1.14 bits per heavy atom. The van der Waals surface area contributed by atoms with E-state index in [-0.39, 0.29) is 5.41 Å². The molecular formula is C49H35NS. The zero-order chi connectivity index (χ0) is 34.1. The van der Waals surface area contributed by atoms with Crippen LogP contribution in [0.4, 0.5) is 17.1 Å². The van der Waals surface area contributed by atoms with Crippen molar-refractivity contribution in [2.75, 3.05) is 4.90 Å². The maximum atomic E-state index is 2.51. The molecule has 0 spiro atoms. The van der Waals surface area contributed by atoms with Gasteiger partial charge in [0.1, 0.15) is 0 Å². The summed E-state index contributed by atoms with van der Waals surface area (Å²) in [6.07, 6.45) is 0. The van der Waals surface area contributed by atoms with Crippen LogP contribution in [-0.4, -0.2) is 0 Å². The van der Waals surface area contributed by atoms with E-state index in [4.69, 9.17) is 0 Å². The second kappa shape index (κ2) is 11.6. The fraction of sp³-hybridized carbons (Fsp3) is 0.0612. The highest BCUT2D eigenvalue weighted by atomic mass is 32.1. The zero-order valence-electron chi connectivity index (χ0n) is 28.6. The number of anilines is 3. The van der Waals surface area contributed by atoms with Gasteiger partial charge in [0.25, 0.3) is 0 Å². The monoisotopic (exact) mass is 669 g/mol. The summed E-state index contributed by atoms with van der Waals surface area (Å²) >= 11 is 1.88. The van der Waals surface area contributed by atoms with Crippen molar-refractivity contribution >= 4 is 59.3 Å². The molecule has 0 radical (unpaired) electrons. The van der Waals surface area contributed by atoms with E-state index < -0.39 is 0 Å². The minimum absolute atomic E-state index is 0.107. The molecule has 0 fully saturated rings. The van der Waals surface area contributed by atoms with Gasteiger partial charge in [-0.2, -0.15) is 0 Å². The van der Waals surface area contributed by atoms with Gasteiger partial charge in [-0.15, -0.1) is 11.3 Å². The molecule has 0 saturated carbocycles. The Kier molecular flexibility index (Phi) is 6.78. The largest absolute Gasteiger partial charge is 0.308 e. The van der Waals surface area contributed by atoms with Crippen LogP contribution in [-0.2, 0) is 5.41 Å². The van der Waals surface area contributed by atoms with Crippen molar-refractivity contribution in [2.24, 2.45) is 0 Å². The molecular weight excluding hydrogens is 635 g/mol. The van der Waals surface area contributed by atoms with Crippen LogP contribution in [0.5, 0.6) is 0 Å². The lowest BCUT2D eigenvalue weighted by Crippen LogP contribution is -2.15. The summed E-state index contributed by atoms with van der Waals surface area (Å²) in [5.74, 6) is 0. The van der Waals surface area contributed by atoms with E-state index >= 15 is 0 Å². The molecule has 0 saturated heterocycles. The number of hydrogen-bond donors (Lipinski definition) is 0. The molecule has 242 valence electrons. The van der Waals surface area contributed by atoms with Crippen molar-refractivity contribution in [1.82, 2.24) is 0 Å². The first-order valence-corrected chi connectivity index (χ1v) is 18.5. The van der Waals surface area contributed by atoms with E-state index in [1.165, 1.54) is 81.1 Å². The molecule has 10 rings (SSSR count). The van der Waals surface area contributed by atoms with Crippen molar-refractivity contribution in [2.45, 2.75) is 19.3 Å². The Bertz CT molecular complexity index is 2790. The third-order valence-corrected chi connectivity index (χ3v) is 12.1. The van der Waals surface area contributed by atoms with Crippen LogP contribution in [0.25, 0.3) is 64.3 Å². The van der Waals surface area contributed by atoms with E-state index in [1.54, 1.807) is 0 Å². The summed E-state index contributed by atoms with van der Waals surface area (Å²) in [7, 11) is 0. The molecule has 0 N–H and O–H groups in total. The molecule has 0 aliphatic heterocycles. The van der Waals surface area contributed by atoms with Crippen LogP contribution >= 0.6 is 11.3 Å². The maximum absolute atomic E-state index is 2.51. The van der Waals surface area contributed by atoms with Crippen molar-refractivity contribution in [1.29, 1.82) is 0 Å². The lowest BCUT2D eigenvalue weighted by molar-refractivity contribution is 0.660. The second-order valence-corrected chi connectivity index (χ2v) is 15.2. The van der Waals surface area contributed by atoms with Crippen LogP contribution in [0, 0.1) is 0 Å². The highest BCUT2D eigenvalue weighted by molar-refractivity contribution is 7.26. The van der Waals surface area contributed by atoms with E-state index in [0.717, 1.165) is 11.4 Å². The SMILES string of the molecule is CC1(C)c2ccccc2-c2ccc(-c3c(-c4ccccc4)cccc3N(c3ccc4ccccc4c3)c3cccc4c3sc3ccccc34)cc21. The van der Waals surface area contributed by atoms with Gasteiger partial charge in [0.05, 0.1) is 16.1 Å². The van der Waals surface area contributed by atoms with Gasteiger partial charge in [-0.1, -0.05) is 153 Å². The Morgan fingerprint density at radius 3 is 2.04 bits per heavy atom. The minimum atomic E-state index is -0.107. The molecule has 51 heavy (non-hydrogen) atoms. The first-order valence-electron chi connectivity index (χ1n) is 17.7. The molecule has 2 heteroatoms. The van der Waals surface area contributed by atoms with Gasteiger partial charge in [0.2, 0.25) is 0 Å². The van der Waals surface area contributed by atoms with Crippen LogP contribution in [0.15, 0.2) is 176 Å². The van der Waals surface area contributed by atoms with Gasteiger partial charge in [-0.3, -0.25) is 0 Å². The molecule has 1 aromatic heterocycles. The zero-order valence-corrected chi connectivity index (χ0v) is 29.4. The molecule has 1 nitrogen and oxygen atoms in total. The average molecular weight is 670 g/mol. The summed E-state index contributed by atoms with van der Waals surface area (Å²) in [6, 6.07) is 65.0. The third kappa shape index (κ3) is 4.67. The van der Waals surface area contributed by atoms with Crippen LogP contribution in [0.2, 0.25) is 0 Å². The topological polar surface area (TPSA) is 3.24 Å². The molecule has 0 amide bonds. The summed E-state index contributed by atoms with van der Waals surface area (Å²) < 4.78 is 2.59. The van der Waals surface area contributed by atoms with Gasteiger partial charge in [0, 0.05) is 32.1 Å². The van der Waals surface area contributed by atoms with Gasteiger partial charge in [0.15, 0.2) is 0 Å². The van der Waals surface area contributed by atoms with Crippen LogP contribution in [0.1, 0.15) is 25.0 Å². The molecule has 0 bridgehead atoms. The lowest BCUT2D eigenvalue weighted by atomic mass is 9.81. The Labute approximate surface area is 302 Å². The molecule has 0 unspecified atom stereocenters. The van der Waals surface area contributed by atoms with Crippen molar-refractivity contribution in [3.8, 4) is 33.4 Å². The quantitative estimate of drug-likeness (QED) is 0.176. The Balaban J connectivity index is 1.29. The van der Waals surface area contributed by atoms with Crippen molar-refractivity contribution < 1.29 is 0 Å². The molecule has 1 heterocycles. The van der Waals surface area contributed by atoms with Crippen LogP contribution in [0.3, 0.4) is 0 Å². The second-order valence-electron chi connectivity index (χ2n) is 14.1. The van der Waals surface area contributed by atoms with Gasteiger partial charge < -0.3 is 4.90 Å². The number of hydrogen-bond acceptors (Lipinski definition) is 2. The average Bonchev–Trinajstić information content (AvgIpc) is 3.68. The predicted octanol–water partition coefficient (Wildman–Crippen LogP) is 14.3. The number of rotatable bonds is 5. The first-order chi connectivity index (χ1) is 25.1. The summed E-state index contributed by atoms with van der Waals surface area (Å²) in [5.41, 5.74) is 13.7.